The molecule has 0 aliphatic carbocycles. The van der Waals surface area contributed by atoms with Crippen molar-refractivity contribution < 1.29 is 9.90 Å². The molecule has 1 aromatic carbocycles. The number of aryl methyl sites for hydroxylation is 2. The number of para-hydroxylation sites is 1. The van der Waals surface area contributed by atoms with Gasteiger partial charge in [0.1, 0.15) is 0 Å². The van der Waals surface area contributed by atoms with Gasteiger partial charge in [0.2, 0.25) is 11.8 Å². The van der Waals surface area contributed by atoms with Gasteiger partial charge in [0.15, 0.2) is 5.16 Å². The van der Waals surface area contributed by atoms with Crippen molar-refractivity contribution in [3.63, 3.8) is 0 Å². The number of hydrogen-bond donors (Lipinski definition) is 3. The molecule has 1 heterocycles. The summed E-state index contributed by atoms with van der Waals surface area (Å²) in [6, 6.07) is 6.94. The number of aromatic hydroxyl groups is 1. The minimum atomic E-state index is -0.419. The van der Waals surface area contributed by atoms with Crippen LogP contribution >= 0.6 is 11.8 Å². The number of hydrogen-bond acceptors (Lipinski definition) is 5. The minimum absolute atomic E-state index is 0.0935. The molecule has 3 N–H and O–H groups in total. The van der Waals surface area contributed by atoms with Crippen molar-refractivity contribution in [2.24, 2.45) is 0 Å². The van der Waals surface area contributed by atoms with Crippen molar-refractivity contribution in [3.8, 4) is 5.88 Å². The molecule has 122 valence electrons. The SMILES string of the molecule is CCc1cccc(C)c1NC(=O)CCSc1nc(O)cc(=O)[nH]1. The Hall–Kier alpha value is -2.28. The molecule has 0 unspecified atom stereocenters. The lowest BCUT2D eigenvalue weighted by Crippen LogP contribution is -2.15. The summed E-state index contributed by atoms with van der Waals surface area (Å²) in [7, 11) is 0. The molecule has 0 saturated carbocycles. The summed E-state index contributed by atoms with van der Waals surface area (Å²) in [6.07, 6.45) is 1.13. The molecule has 0 aliphatic heterocycles. The van der Waals surface area contributed by atoms with Crippen LogP contribution in [0, 0.1) is 6.92 Å². The Morgan fingerprint density at radius 3 is 2.91 bits per heavy atom. The average Bonchev–Trinajstić information content (AvgIpc) is 2.48. The maximum atomic E-state index is 12.1. The maximum absolute atomic E-state index is 12.1. The first-order valence-corrected chi connectivity index (χ1v) is 8.29. The van der Waals surface area contributed by atoms with Gasteiger partial charge in [0.05, 0.1) is 6.07 Å². The summed E-state index contributed by atoms with van der Waals surface area (Å²) in [6.45, 7) is 4.01. The van der Waals surface area contributed by atoms with E-state index in [1.165, 1.54) is 11.8 Å². The van der Waals surface area contributed by atoms with E-state index in [0.717, 1.165) is 29.3 Å². The molecule has 0 bridgehead atoms. The highest BCUT2D eigenvalue weighted by molar-refractivity contribution is 7.99. The summed E-state index contributed by atoms with van der Waals surface area (Å²) in [5.74, 6) is 0.0307. The number of carbonyl (C=O) groups is 1. The van der Waals surface area contributed by atoms with Crippen LogP contribution in [0.4, 0.5) is 5.69 Å². The fourth-order valence-electron chi connectivity index (χ4n) is 2.14. The van der Waals surface area contributed by atoms with Crippen molar-refractivity contribution in [1.82, 2.24) is 9.97 Å². The number of aromatic amines is 1. The topological polar surface area (TPSA) is 95.1 Å². The summed E-state index contributed by atoms with van der Waals surface area (Å²) in [5, 5.41) is 12.5. The molecule has 0 fully saturated rings. The number of amides is 1. The van der Waals surface area contributed by atoms with E-state index in [4.69, 9.17) is 0 Å². The Morgan fingerprint density at radius 1 is 1.43 bits per heavy atom. The second-order valence-electron chi connectivity index (χ2n) is 5.02. The Kier molecular flexibility index (Phi) is 5.81. The zero-order valence-corrected chi connectivity index (χ0v) is 13.9. The van der Waals surface area contributed by atoms with Gasteiger partial charge in [-0.15, -0.1) is 0 Å². The van der Waals surface area contributed by atoms with Crippen LogP contribution in [-0.4, -0.2) is 26.7 Å². The highest BCUT2D eigenvalue weighted by Gasteiger charge is 2.09. The van der Waals surface area contributed by atoms with Crippen LogP contribution in [0.2, 0.25) is 0 Å². The van der Waals surface area contributed by atoms with Crippen LogP contribution < -0.4 is 10.9 Å². The Labute approximate surface area is 138 Å². The van der Waals surface area contributed by atoms with E-state index in [-0.39, 0.29) is 18.2 Å². The number of aromatic nitrogens is 2. The van der Waals surface area contributed by atoms with Crippen LogP contribution in [0.15, 0.2) is 34.2 Å². The smallest absolute Gasteiger partial charge is 0.255 e. The van der Waals surface area contributed by atoms with Crippen LogP contribution in [0.3, 0.4) is 0 Å². The summed E-state index contributed by atoms with van der Waals surface area (Å²) in [4.78, 5) is 29.6. The average molecular weight is 333 g/mol. The number of H-pyrrole nitrogens is 1. The lowest BCUT2D eigenvalue weighted by Gasteiger charge is -2.12. The van der Waals surface area contributed by atoms with E-state index in [9.17, 15) is 14.7 Å². The highest BCUT2D eigenvalue weighted by atomic mass is 32.2. The molecule has 1 aromatic heterocycles. The quantitative estimate of drug-likeness (QED) is 0.557. The predicted octanol–water partition coefficient (Wildman–Crippen LogP) is 2.47. The molecule has 0 radical (unpaired) electrons. The first-order chi connectivity index (χ1) is 11.0. The molecular weight excluding hydrogens is 314 g/mol. The van der Waals surface area contributed by atoms with E-state index in [1.807, 2.05) is 32.0 Å². The first-order valence-electron chi connectivity index (χ1n) is 7.31. The molecule has 0 saturated heterocycles. The van der Waals surface area contributed by atoms with Crippen LogP contribution in [0.25, 0.3) is 0 Å². The third kappa shape index (κ3) is 4.85. The van der Waals surface area contributed by atoms with Crippen LogP contribution in [-0.2, 0) is 11.2 Å². The second kappa shape index (κ2) is 7.82. The number of anilines is 1. The molecule has 2 rings (SSSR count). The van der Waals surface area contributed by atoms with Crippen molar-refractivity contribution in [2.45, 2.75) is 31.8 Å². The molecule has 0 spiro atoms. The van der Waals surface area contributed by atoms with Gasteiger partial charge in [0, 0.05) is 17.9 Å². The van der Waals surface area contributed by atoms with Gasteiger partial charge in [0.25, 0.3) is 5.56 Å². The van der Waals surface area contributed by atoms with Crippen molar-refractivity contribution in [3.05, 3.63) is 45.7 Å². The molecule has 0 atom stereocenters. The molecule has 1 amide bonds. The van der Waals surface area contributed by atoms with Gasteiger partial charge in [-0.2, -0.15) is 4.98 Å². The number of thioether (sulfide) groups is 1. The summed E-state index contributed by atoms with van der Waals surface area (Å²) >= 11 is 1.21. The number of carbonyl (C=O) groups excluding carboxylic acids is 1. The van der Waals surface area contributed by atoms with E-state index in [1.54, 1.807) is 0 Å². The van der Waals surface area contributed by atoms with Crippen molar-refractivity contribution >= 4 is 23.4 Å². The maximum Gasteiger partial charge on any atom is 0.255 e. The second-order valence-corrected chi connectivity index (χ2v) is 6.10. The molecule has 0 aliphatic rings. The third-order valence-electron chi connectivity index (χ3n) is 3.28. The Bertz CT molecular complexity index is 758. The summed E-state index contributed by atoms with van der Waals surface area (Å²) < 4.78 is 0. The largest absolute Gasteiger partial charge is 0.493 e. The highest BCUT2D eigenvalue weighted by Crippen LogP contribution is 2.22. The van der Waals surface area contributed by atoms with Crippen LogP contribution in [0.5, 0.6) is 5.88 Å². The number of rotatable bonds is 6. The van der Waals surface area contributed by atoms with Crippen molar-refractivity contribution in [2.75, 3.05) is 11.1 Å². The van der Waals surface area contributed by atoms with Crippen LogP contribution in [0.1, 0.15) is 24.5 Å². The molecular formula is C16H19N3O3S. The van der Waals surface area contributed by atoms with E-state index in [0.29, 0.717) is 10.9 Å². The monoisotopic (exact) mass is 333 g/mol. The number of nitrogens with one attached hydrogen (secondary N) is 2. The van der Waals surface area contributed by atoms with Gasteiger partial charge in [-0.25, -0.2) is 0 Å². The molecule has 7 heteroatoms. The molecule has 23 heavy (non-hydrogen) atoms. The standard InChI is InChI=1S/C16H19N3O3S/c1-3-11-6-4-5-10(2)15(11)17-12(20)7-8-23-16-18-13(21)9-14(22)19-16/h4-6,9H,3,7-8H2,1-2H3,(H,17,20)(H2,18,19,21,22). The van der Waals surface area contributed by atoms with Gasteiger partial charge < -0.3 is 15.4 Å². The normalized spacial score (nSPS) is 10.5. The van der Waals surface area contributed by atoms with Gasteiger partial charge in [-0.1, -0.05) is 36.9 Å². The van der Waals surface area contributed by atoms with E-state index >= 15 is 0 Å². The van der Waals surface area contributed by atoms with Gasteiger partial charge in [-0.05, 0) is 24.5 Å². The number of benzene rings is 1. The summed E-state index contributed by atoms with van der Waals surface area (Å²) in [5.41, 5.74) is 2.58. The third-order valence-corrected chi connectivity index (χ3v) is 4.15. The van der Waals surface area contributed by atoms with Gasteiger partial charge in [-0.3, -0.25) is 9.59 Å². The zero-order valence-electron chi connectivity index (χ0n) is 13.0. The fraction of sp³-hybridized carbons (Fsp3) is 0.312. The predicted molar refractivity (Wildman–Crippen MR) is 91.1 cm³/mol. The lowest BCUT2D eigenvalue weighted by molar-refractivity contribution is -0.115. The molecule has 6 nitrogen and oxygen atoms in total. The van der Waals surface area contributed by atoms with Crippen molar-refractivity contribution in [1.29, 1.82) is 0 Å². The number of nitrogens with zero attached hydrogens (tertiary/aromatic N) is 1. The fourth-order valence-corrected chi connectivity index (χ4v) is 2.95. The zero-order chi connectivity index (χ0) is 16.8. The minimum Gasteiger partial charge on any atom is -0.493 e. The Balaban J connectivity index is 1.92. The van der Waals surface area contributed by atoms with E-state index in [2.05, 4.69) is 15.3 Å². The molecule has 2 aromatic rings. The van der Waals surface area contributed by atoms with Gasteiger partial charge >= 0.3 is 0 Å². The first kappa shape index (κ1) is 17.1. The lowest BCUT2D eigenvalue weighted by atomic mass is 10.1. The Morgan fingerprint density at radius 2 is 2.22 bits per heavy atom. The van der Waals surface area contributed by atoms with E-state index < -0.39 is 5.56 Å².